The van der Waals surface area contributed by atoms with E-state index in [1.54, 1.807) is 12.1 Å². The Kier molecular flexibility index (Phi) is 3.26. The number of alkyl halides is 3. The third-order valence-corrected chi connectivity index (χ3v) is 2.75. The first-order chi connectivity index (χ1) is 7.99. The molecule has 1 aliphatic rings. The molecule has 0 aliphatic heterocycles. The minimum atomic E-state index is -4.65. The summed E-state index contributed by atoms with van der Waals surface area (Å²) in [6, 6.07) is 5.81. The monoisotopic (exact) mass is 246 g/mol. The van der Waals surface area contributed by atoms with Crippen molar-refractivity contribution in [3.05, 3.63) is 29.8 Å². The Morgan fingerprint density at radius 1 is 1.24 bits per heavy atom. The van der Waals surface area contributed by atoms with Gasteiger partial charge in [0.2, 0.25) is 0 Å². The normalized spacial score (nSPS) is 17.9. The summed E-state index contributed by atoms with van der Waals surface area (Å²) in [5.41, 5.74) is 3.56. The Labute approximate surface area is 96.7 Å². The van der Waals surface area contributed by atoms with Crippen molar-refractivity contribution in [3.8, 4) is 5.75 Å². The lowest BCUT2D eigenvalue weighted by atomic mass is 10.0. The predicted molar refractivity (Wildman–Crippen MR) is 55.9 cm³/mol. The van der Waals surface area contributed by atoms with Crippen molar-refractivity contribution in [2.24, 2.45) is 11.8 Å². The van der Waals surface area contributed by atoms with Crippen molar-refractivity contribution >= 4 is 0 Å². The lowest BCUT2D eigenvalue weighted by Crippen LogP contribution is -2.29. The summed E-state index contributed by atoms with van der Waals surface area (Å²) in [6.07, 6.45) is -2.46. The lowest BCUT2D eigenvalue weighted by Gasteiger charge is -2.16. The van der Waals surface area contributed by atoms with Crippen molar-refractivity contribution in [3.63, 3.8) is 0 Å². The molecule has 1 aliphatic carbocycles. The average molecular weight is 246 g/mol. The standard InChI is InChI=1S/C11H13F3N2O/c12-11(13,14)17-9-5-3-8(4-6-9)10(16-15)7-1-2-7/h3-7,10,16H,1-2,15H2. The third-order valence-electron chi connectivity index (χ3n) is 2.75. The number of hydrazine groups is 1. The Bertz CT molecular complexity index is 373. The van der Waals surface area contributed by atoms with E-state index in [1.807, 2.05) is 0 Å². The molecule has 0 spiro atoms. The van der Waals surface area contributed by atoms with Crippen LogP contribution in [0.4, 0.5) is 13.2 Å². The van der Waals surface area contributed by atoms with E-state index in [2.05, 4.69) is 10.2 Å². The van der Waals surface area contributed by atoms with Crippen LogP contribution in [-0.4, -0.2) is 6.36 Å². The molecule has 2 rings (SSSR count). The first-order valence-corrected chi connectivity index (χ1v) is 5.31. The van der Waals surface area contributed by atoms with Gasteiger partial charge in [-0.15, -0.1) is 13.2 Å². The number of benzene rings is 1. The highest BCUT2D eigenvalue weighted by Crippen LogP contribution is 2.40. The molecule has 0 saturated heterocycles. The maximum Gasteiger partial charge on any atom is 0.573 e. The van der Waals surface area contributed by atoms with E-state index in [1.165, 1.54) is 12.1 Å². The van der Waals surface area contributed by atoms with Gasteiger partial charge in [-0.25, -0.2) is 0 Å². The number of ether oxygens (including phenoxy) is 1. The van der Waals surface area contributed by atoms with Crippen LogP contribution in [0.15, 0.2) is 24.3 Å². The van der Waals surface area contributed by atoms with Gasteiger partial charge in [0.25, 0.3) is 0 Å². The van der Waals surface area contributed by atoms with E-state index >= 15 is 0 Å². The zero-order valence-corrected chi connectivity index (χ0v) is 9.00. The fourth-order valence-corrected chi connectivity index (χ4v) is 1.81. The number of nitrogens with two attached hydrogens (primary N) is 1. The van der Waals surface area contributed by atoms with E-state index in [4.69, 9.17) is 5.84 Å². The van der Waals surface area contributed by atoms with Crippen LogP contribution in [0.2, 0.25) is 0 Å². The minimum Gasteiger partial charge on any atom is -0.406 e. The van der Waals surface area contributed by atoms with Crippen molar-refractivity contribution in [2.75, 3.05) is 0 Å². The molecule has 6 heteroatoms. The molecule has 0 radical (unpaired) electrons. The van der Waals surface area contributed by atoms with Crippen LogP contribution in [0, 0.1) is 5.92 Å². The summed E-state index contributed by atoms with van der Waals surface area (Å²) in [4.78, 5) is 0. The summed E-state index contributed by atoms with van der Waals surface area (Å²) in [5.74, 6) is 5.69. The maximum atomic E-state index is 12.0. The van der Waals surface area contributed by atoms with E-state index in [9.17, 15) is 13.2 Å². The van der Waals surface area contributed by atoms with E-state index in [-0.39, 0.29) is 11.8 Å². The summed E-state index contributed by atoms with van der Waals surface area (Å²) in [7, 11) is 0. The average Bonchev–Trinajstić information content (AvgIpc) is 3.04. The molecular weight excluding hydrogens is 233 g/mol. The van der Waals surface area contributed by atoms with E-state index in [0.29, 0.717) is 5.92 Å². The largest absolute Gasteiger partial charge is 0.573 e. The molecule has 0 bridgehead atoms. The van der Waals surface area contributed by atoms with Crippen molar-refractivity contribution in [2.45, 2.75) is 25.2 Å². The molecule has 1 aromatic rings. The molecule has 1 fully saturated rings. The number of halogens is 3. The van der Waals surface area contributed by atoms with Gasteiger partial charge in [-0.05, 0) is 36.5 Å². The maximum absolute atomic E-state index is 12.0. The smallest absolute Gasteiger partial charge is 0.406 e. The zero-order chi connectivity index (χ0) is 12.5. The van der Waals surface area contributed by atoms with Gasteiger partial charge in [-0.3, -0.25) is 11.3 Å². The summed E-state index contributed by atoms with van der Waals surface area (Å²) in [6.45, 7) is 0. The second kappa shape index (κ2) is 4.54. The Balaban J connectivity index is 2.06. The van der Waals surface area contributed by atoms with Crippen molar-refractivity contribution in [1.29, 1.82) is 0 Å². The summed E-state index contributed by atoms with van der Waals surface area (Å²) < 4.78 is 39.6. The summed E-state index contributed by atoms with van der Waals surface area (Å²) in [5, 5.41) is 0. The first-order valence-electron chi connectivity index (χ1n) is 5.31. The molecule has 0 heterocycles. The topological polar surface area (TPSA) is 47.3 Å². The predicted octanol–water partition coefficient (Wildman–Crippen LogP) is 2.50. The minimum absolute atomic E-state index is 0.00920. The highest BCUT2D eigenvalue weighted by Gasteiger charge is 2.33. The molecule has 1 saturated carbocycles. The van der Waals surface area contributed by atoms with Gasteiger partial charge in [0, 0.05) is 6.04 Å². The van der Waals surface area contributed by atoms with Gasteiger partial charge >= 0.3 is 6.36 Å². The molecular formula is C11H13F3N2O. The van der Waals surface area contributed by atoms with Gasteiger partial charge in [-0.2, -0.15) is 0 Å². The molecule has 1 unspecified atom stereocenters. The number of hydrogen-bond donors (Lipinski definition) is 2. The molecule has 1 atom stereocenters. The number of nitrogens with one attached hydrogen (secondary N) is 1. The second-order valence-electron chi connectivity index (χ2n) is 4.10. The molecule has 3 nitrogen and oxygen atoms in total. The molecule has 94 valence electrons. The molecule has 1 aromatic carbocycles. The molecule has 3 N–H and O–H groups in total. The van der Waals surface area contributed by atoms with Crippen LogP contribution in [0.25, 0.3) is 0 Å². The highest BCUT2D eigenvalue weighted by atomic mass is 19.4. The van der Waals surface area contributed by atoms with Crippen LogP contribution in [0.1, 0.15) is 24.4 Å². The lowest BCUT2D eigenvalue weighted by molar-refractivity contribution is -0.274. The Hall–Kier alpha value is -1.27. The SMILES string of the molecule is NNC(c1ccc(OC(F)(F)F)cc1)C1CC1. The summed E-state index contributed by atoms with van der Waals surface area (Å²) >= 11 is 0. The number of hydrogen-bond acceptors (Lipinski definition) is 3. The van der Waals surface area contributed by atoms with E-state index in [0.717, 1.165) is 18.4 Å². The van der Waals surface area contributed by atoms with Crippen molar-refractivity contribution < 1.29 is 17.9 Å². The second-order valence-corrected chi connectivity index (χ2v) is 4.10. The fourth-order valence-electron chi connectivity index (χ4n) is 1.81. The Morgan fingerprint density at radius 3 is 2.24 bits per heavy atom. The van der Waals surface area contributed by atoms with Crippen LogP contribution in [0.5, 0.6) is 5.75 Å². The van der Waals surface area contributed by atoms with Gasteiger partial charge in [0.15, 0.2) is 0 Å². The van der Waals surface area contributed by atoms with Crippen LogP contribution < -0.4 is 16.0 Å². The molecule has 0 amide bonds. The van der Waals surface area contributed by atoms with Crippen molar-refractivity contribution in [1.82, 2.24) is 5.43 Å². The zero-order valence-electron chi connectivity index (χ0n) is 9.00. The molecule has 17 heavy (non-hydrogen) atoms. The highest BCUT2D eigenvalue weighted by molar-refractivity contribution is 5.30. The fraction of sp³-hybridized carbons (Fsp3) is 0.455. The van der Waals surface area contributed by atoms with Crippen LogP contribution in [-0.2, 0) is 0 Å². The van der Waals surface area contributed by atoms with Gasteiger partial charge in [0.1, 0.15) is 5.75 Å². The van der Waals surface area contributed by atoms with Crippen LogP contribution in [0.3, 0.4) is 0 Å². The van der Waals surface area contributed by atoms with Gasteiger partial charge in [0.05, 0.1) is 0 Å². The Morgan fingerprint density at radius 2 is 1.82 bits per heavy atom. The van der Waals surface area contributed by atoms with E-state index < -0.39 is 6.36 Å². The van der Waals surface area contributed by atoms with Gasteiger partial charge in [-0.1, -0.05) is 12.1 Å². The molecule has 0 aromatic heterocycles. The first kappa shape index (κ1) is 12.2. The van der Waals surface area contributed by atoms with Crippen LogP contribution >= 0.6 is 0 Å². The quantitative estimate of drug-likeness (QED) is 0.634. The third kappa shape index (κ3) is 3.34. The number of rotatable bonds is 4. The van der Waals surface area contributed by atoms with Gasteiger partial charge < -0.3 is 4.74 Å².